The molecule has 0 aliphatic carbocycles. The summed E-state index contributed by atoms with van der Waals surface area (Å²) in [5.41, 5.74) is -0.586. The SMILES string of the molecule is CCC(CC)(CO)NC(=O)C1COc2ccccc2O1. The van der Waals surface area contributed by atoms with Crippen molar-refractivity contribution in [3.05, 3.63) is 24.3 Å². The van der Waals surface area contributed by atoms with Crippen molar-refractivity contribution < 1.29 is 19.4 Å². The summed E-state index contributed by atoms with van der Waals surface area (Å²) in [5.74, 6) is 0.967. The molecule has 1 aliphatic heterocycles. The van der Waals surface area contributed by atoms with Crippen LogP contribution in [-0.2, 0) is 4.79 Å². The summed E-state index contributed by atoms with van der Waals surface area (Å²) in [4.78, 5) is 12.3. The maximum atomic E-state index is 12.3. The first-order valence-electron chi connectivity index (χ1n) is 6.95. The summed E-state index contributed by atoms with van der Waals surface area (Å²) < 4.78 is 11.2. The molecule has 1 atom stereocenters. The van der Waals surface area contributed by atoms with Gasteiger partial charge in [0.25, 0.3) is 5.91 Å². The first-order valence-corrected chi connectivity index (χ1v) is 6.95. The van der Waals surface area contributed by atoms with Gasteiger partial charge in [-0.25, -0.2) is 0 Å². The van der Waals surface area contributed by atoms with Crippen LogP contribution in [-0.4, -0.2) is 35.9 Å². The predicted molar refractivity (Wildman–Crippen MR) is 74.9 cm³/mol. The smallest absolute Gasteiger partial charge is 0.265 e. The van der Waals surface area contributed by atoms with E-state index in [1.54, 1.807) is 12.1 Å². The third-order valence-electron chi connectivity index (χ3n) is 3.85. The molecule has 0 bridgehead atoms. The number of aliphatic hydroxyl groups is 1. The molecule has 20 heavy (non-hydrogen) atoms. The van der Waals surface area contributed by atoms with Gasteiger partial charge in [-0.2, -0.15) is 0 Å². The largest absolute Gasteiger partial charge is 0.485 e. The monoisotopic (exact) mass is 279 g/mol. The highest BCUT2D eigenvalue weighted by Gasteiger charge is 2.33. The quantitative estimate of drug-likeness (QED) is 0.857. The second-order valence-corrected chi connectivity index (χ2v) is 5.00. The van der Waals surface area contributed by atoms with Crippen molar-refractivity contribution in [1.82, 2.24) is 5.32 Å². The van der Waals surface area contributed by atoms with Crippen molar-refractivity contribution in [2.45, 2.75) is 38.3 Å². The lowest BCUT2D eigenvalue weighted by atomic mass is 9.93. The van der Waals surface area contributed by atoms with Crippen LogP contribution in [0.3, 0.4) is 0 Å². The van der Waals surface area contributed by atoms with Crippen LogP contribution in [0.4, 0.5) is 0 Å². The second-order valence-electron chi connectivity index (χ2n) is 5.00. The van der Waals surface area contributed by atoms with E-state index in [1.807, 2.05) is 26.0 Å². The lowest BCUT2D eigenvalue weighted by Crippen LogP contribution is -2.56. The summed E-state index contributed by atoms with van der Waals surface area (Å²) in [5, 5.41) is 12.4. The molecule has 5 nitrogen and oxygen atoms in total. The number of amides is 1. The summed E-state index contributed by atoms with van der Waals surface area (Å²) in [7, 11) is 0. The molecule has 0 spiro atoms. The van der Waals surface area contributed by atoms with E-state index in [-0.39, 0.29) is 19.1 Å². The number of benzene rings is 1. The van der Waals surface area contributed by atoms with E-state index in [9.17, 15) is 9.90 Å². The molecule has 0 aromatic heterocycles. The number of aliphatic hydroxyl groups excluding tert-OH is 1. The second kappa shape index (κ2) is 6.13. The van der Waals surface area contributed by atoms with Crippen LogP contribution in [0, 0.1) is 0 Å². The highest BCUT2D eigenvalue weighted by Crippen LogP contribution is 2.31. The van der Waals surface area contributed by atoms with Crippen LogP contribution < -0.4 is 14.8 Å². The lowest BCUT2D eigenvalue weighted by Gasteiger charge is -2.33. The minimum absolute atomic E-state index is 0.0874. The summed E-state index contributed by atoms with van der Waals surface area (Å²) in [6, 6.07) is 7.26. The maximum absolute atomic E-state index is 12.3. The van der Waals surface area contributed by atoms with Crippen molar-refractivity contribution >= 4 is 5.91 Å². The van der Waals surface area contributed by atoms with E-state index >= 15 is 0 Å². The van der Waals surface area contributed by atoms with Gasteiger partial charge in [-0.15, -0.1) is 0 Å². The molecule has 110 valence electrons. The van der Waals surface area contributed by atoms with E-state index in [1.165, 1.54) is 0 Å². The van der Waals surface area contributed by atoms with E-state index in [4.69, 9.17) is 9.47 Å². The number of fused-ring (bicyclic) bond motifs is 1. The van der Waals surface area contributed by atoms with Crippen LogP contribution in [0.5, 0.6) is 11.5 Å². The van der Waals surface area contributed by atoms with Gasteiger partial charge in [0.2, 0.25) is 6.10 Å². The Hall–Kier alpha value is -1.75. The zero-order valence-electron chi connectivity index (χ0n) is 11.9. The Morgan fingerprint density at radius 2 is 2.00 bits per heavy atom. The molecular weight excluding hydrogens is 258 g/mol. The first-order chi connectivity index (χ1) is 9.64. The predicted octanol–water partition coefficient (Wildman–Crippen LogP) is 1.49. The molecule has 1 unspecified atom stereocenters. The zero-order chi connectivity index (χ0) is 14.6. The highest BCUT2D eigenvalue weighted by atomic mass is 16.6. The summed E-state index contributed by atoms with van der Waals surface area (Å²) in [6.45, 7) is 3.97. The van der Waals surface area contributed by atoms with E-state index in [0.717, 1.165) is 0 Å². The Balaban J connectivity index is 2.05. The summed E-state index contributed by atoms with van der Waals surface area (Å²) in [6.07, 6.45) is 0.639. The van der Waals surface area contributed by atoms with Gasteiger partial charge in [-0.1, -0.05) is 26.0 Å². The van der Waals surface area contributed by atoms with Crippen molar-refractivity contribution in [3.63, 3.8) is 0 Å². The molecule has 2 rings (SSSR count). The van der Waals surface area contributed by atoms with Crippen LogP contribution in [0.15, 0.2) is 24.3 Å². The van der Waals surface area contributed by atoms with E-state index in [2.05, 4.69) is 5.32 Å². The minimum Gasteiger partial charge on any atom is -0.485 e. The third-order valence-corrected chi connectivity index (χ3v) is 3.85. The number of hydrogen-bond acceptors (Lipinski definition) is 4. The van der Waals surface area contributed by atoms with Crippen molar-refractivity contribution in [3.8, 4) is 11.5 Å². The number of carbonyl (C=O) groups is 1. The Morgan fingerprint density at radius 3 is 2.60 bits per heavy atom. The van der Waals surface area contributed by atoms with Gasteiger partial charge < -0.3 is 19.9 Å². The van der Waals surface area contributed by atoms with Gasteiger partial charge in [0, 0.05) is 0 Å². The molecule has 1 amide bonds. The molecule has 0 saturated carbocycles. The molecule has 0 saturated heterocycles. The van der Waals surface area contributed by atoms with Crippen LogP contribution in [0.1, 0.15) is 26.7 Å². The summed E-state index contributed by atoms with van der Waals surface area (Å²) >= 11 is 0. The van der Waals surface area contributed by atoms with Crippen LogP contribution in [0.25, 0.3) is 0 Å². The van der Waals surface area contributed by atoms with Gasteiger partial charge in [0.05, 0.1) is 12.1 Å². The van der Waals surface area contributed by atoms with Gasteiger partial charge >= 0.3 is 0 Å². The van der Waals surface area contributed by atoms with Gasteiger partial charge in [0.15, 0.2) is 11.5 Å². The Bertz CT molecular complexity index is 462. The average molecular weight is 279 g/mol. The van der Waals surface area contributed by atoms with Crippen molar-refractivity contribution in [2.75, 3.05) is 13.2 Å². The van der Waals surface area contributed by atoms with Gasteiger partial charge in [-0.05, 0) is 25.0 Å². The van der Waals surface area contributed by atoms with E-state index in [0.29, 0.717) is 24.3 Å². The van der Waals surface area contributed by atoms with Gasteiger partial charge in [-0.3, -0.25) is 4.79 Å². The number of rotatable bonds is 5. The molecule has 5 heteroatoms. The maximum Gasteiger partial charge on any atom is 0.265 e. The fourth-order valence-electron chi connectivity index (χ4n) is 2.18. The number of para-hydroxylation sites is 2. The minimum atomic E-state index is -0.686. The normalized spacial score (nSPS) is 17.6. The van der Waals surface area contributed by atoms with Crippen molar-refractivity contribution in [2.24, 2.45) is 0 Å². The zero-order valence-corrected chi connectivity index (χ0v) is 11.9. The van der Waals surface area contributed by atoms with Crippen LogP contribution >= 0.6 is 0 Å². The molecule has 1 aromatic rings. The number of nitrogens with one attached hydrogen (secondary N) is 1. The number of ether oxygens (including phenoxy) is 2. The molecular formula is C15H21NO4. The van der Waals surface area contributed by atoms with Crippen LogP contribution in [0.2, 0.25) is 0 Å². The van der Waals surface area contributed by atoms with Gasteiger partial charge in [0.1, 0.15) is 6.61 Å². The fourth-order valence-corrected chi connectivity index (χ4v) is 2.18. The molecule has 1 heterocycles. The molecule has 2 N–H and O–H groups in total. The van der Waals surface area contributed by atoms with E-state index < -0.39 is 11.6 Å². The standard InChI is InChI=1S/C15H21NO4/c1-3-15(4-2,10-17)16-14(18)13-9-19-11-7-5-6-8-12(11)20-13/h5-8,13,17H,3-4,9-10H2,1-2H3,(H,16,18). The lowest BCUT2D eigenvalue weighted by molar-refractivity contribution is -0.133. The molecule has 0 radical (unpaired) electrons. The Kier molecular flexibility index (Phi) is 4.49. The Labute approximate surface area is 118 Å². The Morgan fingerprint density at radius 1 is 1.35 bits per heavy atom. The fraction of sp³-hybridized carbons (Fsp3) is 0.533. The highest BCUT2D eigenvalue weighted by molar-refractivity contribution is 5.82. The third kappa shape index (κ3) is 2.88. The molecule has 0 fully saturated rings. The molecule has 1 aromatic carbocycles. The average Bonchev–Trinajstić information content (AvgIpc) is 2.52. The number of hydrogen-bond donors (Lipinski definition) is 2. The number of carbonyl (C=O) groups excluding carboxylic acids is 1. The van der Waals surface area contributed by atoms with Crippen molar-refractivity contribution in [1.29, 1.82) is 0 Å². The first kappa shape index (κ1) is 14.7. The molecule has 1 aliphatic rings. The topological polar surface area (TPSA) is 67.8 Å².